The Balaban J connectivity index is 1.59. The van der Waals surface area contributed by atoms with Gasteiger partial charge in [-0.2, -0.15) is 0 Å². The molecule has 3 nitrogen and oxygen atoms in total. The van der Waals surface area contributed by atoms with Gasteiger partial charge in [0.25, 0.3) is 0 Å². The van der Waals surface area contributed by atoms with Gasteiger partial charge in [-0.25, -0.2) is 0 Å². The molecule has 2 aromatic carbocycles. The van der Waals surface area contributed by atoms with Gasteiger partial charge in [0.2, 0.25) is 0 Å². The number of fused-ring (bicyclic) bond motifs is 3. The summed E-state index contributed by atoms with van der Waals surface area (Å²) in [6.07, 6.45) is 1.15. The van der Waals surface area contributed by atoms with Crippen LogP contribution in [0.2, 0.25) is 10.0 Å². The zero-order valence-corrected chi connectivity index (χ0v) is 16.0. The maximum absolute atomic E-state index is 6.23. The maximum Gasteiger partial charge on any atom is 0.0492 e. The number of nitrogens with zero attached hydrogens (tertiary/aromatic N) is 3. The molecule has 1 saturated heterocycles. The fourth-order valence-corrected chi connectivity index (χ4v) is 4.16. The maximum atomic E-state index is 6.23. The van der Waals surface area contributed by atoms with Gasteiger partial charge < -0.3 is 14.4 Å². The number of hydrogen-bond donors (Lipinski definition) is 0. The summed E-state index contributed by atoms with van der Waals surface area (Å²) in [5.41, 5.74) is 2.47. The van der Waals surface area contributed by atoms with Crippen molar-refractivity contribution < 1.29 is 0 Å². The van der Waals surface area contributed by atoms with Gasteiger partial charge in [-0.05, 0) is 56.4 Å². The largest absolute Gasteiger partial charge is 0.340 e. The minimum absolute atomic E-state index is 0.768. The summed E-state index contributed by atoms with van der Waals surface area (Å²) in [6.45, 7) is 6.86. The molecular formula is C20H23Cl2N3. The van der Waals surface area contributed by atoms with Crippen molar-refractivity contribution in [2.24, 2.45) is 0 Å². The fraction of sp³-hybridized carbons (Fsp3) is 0.400. The van der Waals surface area contributed by atoms with Crippen LogP contribution in [0.4, 0.5) is 0 Å². The molecule has 1 aliphatic rings. The molecule has 5 heteroatoms. The lowest BCUT2D eigenvalue weighted by atomic mass is 10.1. The Labute approximate surface area is 158 Å². The first-order valence-electron chi connectivity index (χ1n) is 8.90. The lowest BCUT2D eigenvalue weighted by Gasteiger charge is -2.32. The average molecular weight is 376 g/mol. The molecule has 0 N–H and O–H groups in total. The van der Waals surface area contributed by atoms with E-state index in [0.717, 1.165) is 29.6 Å². The number of rotatable bonds is 4. The highest BCUT2D eigenvalue weighted by Crippen LogP contribution is 2.33. The molecule has 2 heterocycles. The molecule has 0 amide bonds. The van der Waals surface area contributed by atoms with Crippen molar-refractivity contribution in [2.75, 3.05) is 39.8 Å². The Kier molecular flexibility index (Phi) is 4.92. The highest BCUT2D eigenvalue weighted by Gasteiger charge is 2.15. The summed E-state index contributed by atoms with van der Waals surface area (Å²) in [5.74, 6) is 0. The lowest BCUT2D eigenvalue weighted by Crippen LogP contribution is -2.44. The standard InChI is InChI=1S/C20H23Cl2N3/c1-23-9-11-24(12-10-23)7-2-8-25-19-5-3-15(21)13-17(19)18-14-16(22)4-6-20(18)25/h3-6,13-14H,2,7-12H2,1H3. The zero-order valence-electron chi connectivity index (χ0n) is 14.5. The smallest absolute Gasteiger partial charge is 0.0492 e. The molecule has 3 aromatic rings. The normalized spacial score (nSPS) is 16.9. The summed E-state index contributed by atoms with van der Waals surface area (Å²) < 4.78 is 2.41. The second-order valence-electron chi connectivity index (χ2n) is 6.97. The van der Waals surface area contributed by atoms with E-state index in [2.05, 4.69) is 33.5 Å². The first kappa shape index (κ1) is 17.2. The molecule has 0 atom stereocenters. The highest BCUT2D eigenvalue weighted by molar-refractivity contribution is 6.33. The summed E-state index contributed by atoms with van der Waals surface area (Å²) >= 11 is 12.5. The number of benzene rings is 2. The van der Waals surface area contributed by atoms with Crippen molar-refractivity contribution >= 4 is 45.0 Å². The first-order valence-corrected chi connectivity index (χ1v) is 9.65. The van der Waals surface area contributed by atoms with Gasteiger partial charge in [0.05, 0.1) is 0 Å². The number of hydrogen-bond acceptors (Lipinski definition) is 2. The molecule has 1 aliphatic heterocycles. The molecule has 1 aromatic heterocycles. The van der Waals surface area contributed by atoms with Crippen molar-refractivity contribution in [1.82, 2.24) is 14.4 Å². The van der Waals surface area contributed by atoms with Gasteiger partial charge >= 0.3 is 0 Å². The van der Waals surface area contributed by atoms with E-state index in [0.29, 0.717) is 0 Å². The average Bonchev–Trinajstić information content (AvgIpc) is 2.89. The van der Waals surface area contributed by atoms with E-state index in [-0.39, 0.29) is 0 Å². The predicted molar refractivity (Wildman–Crippen MR) is 108 cm³/mol. The molecule has 132 valence electrons. The number of likely N-dealkylation sites (N-methyl/N-ethyl adjacent to an activating group) is 1. The Morgan fingerprint density at radius 1 is 0.800 bits per heavy atom. The van der Waals surface area contributed by atoms with Crippen molar-refractivity contribution in [2.45, 2.75) is 13.0 Å². The van der Waals surface area contributed by atoms with E-state index in [4.69, 9.17) is 23.2 Å². The van der Waals surface area contributed by atoms with Crippen LogP contribution in [0.5, 0.6) is 0 Å². The molecule has 0 unspecified atom stereocenters. The molecule has 0 saturated carbocycles. The predicted octanol–water partition coefficient (Wildman–Crippen LogP) is 4.74. The molecule has 4 rings (SSSR count). The van der Waals surface area contributed by atoms with E-state index >= 15 is 0 Å². The van der Waals surface area contributed by atoms with Gasteiger partial charge in [0.1, 0.15) is 0 Å². The Bertz CT molecular complexity index is 835. The molecular weight excluding hydrogens is 353 g/mol. The Morgan fingerprint density at radius 3 is 1.92 bits per heavy atom. The van der Waals surface area contributed by atoms with Crippen LogP contribution in [0.1, 0.15) is 6.42 Å². The van der Waals surface area contributed by atoms with Gasteiger partial charge in [0, 0.05) is 64.6 Å². The van der Waals surface area contributed by atoms with Crippen LogP contribution in [0.25, 0.3) is 21.8 Å². The van der Waals surface area contributed by atoms with Crippen molar-refractivity contribution in [1.29, 1.82) is 0 Å². The number of piperazine rings is 1. The van der Waals surface area contributed by atoms with E-state index in [1.807, 2.05) is 24.3 Å². The molecule has 1 fully saturated rings. The summed E-state index contributed by atoms with van der Waals surface area (Å²) in [6, 6.07) is 12.3. The molecule has 0 spiro atoms. The monoisotopic (exact) mass is 375 g/mol. The fourth-order valence-electron chi connectivity index (χ4n) is 3.81. The van der Waals surface area contributed by atoms with Crippen LogP contribution in [-0.2, 0) is 6.54 Å². The first-order chi connectivity index (χ1) is 12.1. The van der Waals surface area contributed by atoms with Gasteiger partial charge in [-0.1, -0.05) is 23.2 Å². The van der Waals surface area contributed by atoms with E-state index in [1.54, 1.807) is 0 Å². The van der Waals surface area contributed by atoms with E-state index < -0.39 is 0 Å². The highest BCUT2D eigenvalue weighted by atomic mass is 35.5. The SMILES string of the molecule is CN1CCN(CCCn2c3ccc(Cl)cc3c3cc(Cl)ccc32)CC1. The van der Waals surface area contributed by atoms with E-state index in [9.17, 15) is 0 Å². The second kappa shape index (κ2) is 7.16. The molecule has 0 bridgehead atoms. The van der Waals surface area contributed by atoms with Crippen LogP contribution >= 0.6 is 23.2 Å². The van der Waals surface area contributed by atoms with Crippen LogP contribution in [-0.4, -0.2) is 54.1 Å². The van der Waals surface area contributed by atoms with Crippen molar-refractivity contribution in [3.63, 3.8) is 0 Å². The third-order valence-electron chi connectivity index (χ3n) is 5.24. The van der Waals surface area contributed by atoms with Gasteiger partial charge in [-0.3, -0.25) is 0 Å². The van der Waals surface area contributed by atoms with Crippen LogP contribution < -0.4 is 0 Å². The molecule has 0 radical (unpaired) electrons. The summed E-state index contributed by atoms with van der Waals surface area (Å²) in [5, 5.41) is 3.90. The van der Waals surface area contributed by atoms with Crippen molar-refractivity contribution in [3.05, 3.63) is 46.4 Å². The number of aromatic nitrogens is 1. The van der Waals surface area contributed by atoms with Gasteiger partial charge in [-0.15, -0.1) is 0 Å². The van der Waals surface area contributed by atoms with Crippen molar-refractivity contribution in [3.8, 4) is 0 Å². The van der Waals surface area contributed by atoms with Crippen LogP contribution in [0.3, 0.4) is 0 Å². The number of aryl methyl sites for hydroxylation is 1. The Morgan fingerprint density at radius 2 is 1.36 bits per heavy atom. The summed E-state index contributed by atoms with van der Waals surface area (Å²) in [4.78, 5) is 4.97. The van der Waals surface area contributed by atoms with Crippen LogP contribution in [0.15, 0.2) is 36.4 Å². The summed E-state index contributed by atoms with van der Waals surface area (Å²) in [7, 11) is 2.20. The van der Waals surface area contributed by atoms with E-state index in [1.165, 1.54) is 48.0 Å². The Hall–Kier alpha value is -1.26. The molecule has 0 aliphatic carbocycles. The minimum Gasteiger partial charge on any atom is -0.340 e. The second-order valence-corrected chi connectivity index (χ2v) is 7.85. The quantitative estimate of drug-likeness (QED) is 0.652. The third kappa shape index (κ3) is 3.52. The van der Waals surface area contributed by atoms with Crippen LogP contribution in [0, 0.1) is 0 Å². The topological polar surface area (TPSA) is 11.4 Å². The van der Waals surface area contributed by atoms with Gasteiger partial charge in [0.15, 0.2) is 0 Å². The number of halogens is 2. The minimum atomic E-state index is 0.768. The zero-order chi connectivity index (χ0) is 17.4. The third-order valence-corrected chi connectivity index (χ3v) is 5.71. The lowest BCUT2D eigenvalue weighted by molar-refractivity contribution is 0.151. The molecule has 25 heavy (non-hydrogen) atoms.